The van der Waals surface area contributed by atoms with E-state index in [0.717, 1.165) is 38.3 Å². The highest BCUT2D eigenvalue weighted by atomic mass is 35.5. The molecule has 0 radical (unpaired) electrons. The number of carbonyl (C=O) groups excluding carboxylic acids is 2. The zero-order valence-corrected chi connectivity index (χ0v) is 14.8. The van der Waals surface area contributed by atoms with Crippen LogP contribution in [0.5, 0.6) is 5.75 Å². The van der Waals surface area contributed by atoms with E-state index in [1.54, 1.807) is 0 Å². The average molecular weight is 369 g/mol. The summed E-state index contributed by atoms with van der Waals surface area (Å²) in [5.74, 6) is -0.112. The molecule has 25 heavy (non-hydrogen) atoms. The number of piperidine rings is 1. The first-order valence-corrected chi connectivity index (χ1v) is 9.07. The molecule has 136 valence electrons. The number of amides is 2. The fourth-order valence-electron chi connectivity index (χ4n) is 3.48. The van der Waals surface area contributed by atoms with Gasteiger partial charge in [0.25, 0.3) is 5.91 Å². The van der Waals surface area contributed by atoms with Crippen molar-refractivity contribution < 1.29 is 18.7 Å². The normalized spacial score (nSPS) is 20.9. The maximum atomic E-state index is 13.1. The summed E-state index contributed by atoms with van der Waals surface area (Å²) in [6.45, 7) is 1.91. The van der Waals surface area contributed by atoms with Gasteiger partial charge in [0.1, 0.15) is 11.6 Å². The van der Waals surface area contributed by atoms with E-state index in [1.807, 2.05) is 9.80 Å². The van der Waals surface area contributed by atoms with Crippen LogP contribution in [0.4, 0.5) is 4.39 Å². The van der Waals surface area contributed by atoms with Crippen LogP contribution in [0.3, 0.4) is 0 Å². The number of carbonyl (C=O) groups is 2. The van der Waals surface area contributed by atoms with Crippen LogP contribution >= 0.6 is 11.6 Å². The molecule has 1 unspecified atom stereocenters. The van der Waals surface area contributed by atoms with Crippen molar-refractivity contribution in [1.82, 2.24) is 9.80 Å². The summed E-state index contributed by atoms with van der Waals surface area (Å²) in [5, 5.41) is 0.144. The van der Waals surface area contributed by atoms with Crippen molar-refractivity contribution in [2.24, 2.45) is 0 Å². The minimum atomic E-state index is -0.449. The molecular formula is C18H22ClFN2O3. The summed E-state index contributed by atoms with van der Waals surface area (Å²) in [4.78, 5) is 28.1. The molecule has 5 nitrogen and oxygen atoms in total. The number of rotatable bonds is 5. The lowest BCUT2D eigenvalue weighted by Gasteiger charge is -2.37. The lowest BCUT2D eigenvalue weighted by molar-refractivity contribution is -0.139. The molecule has 1 atom stereocenters. The second kappa shape index (κ2) is 8.04. The number of likely N-dealkylation sites (tertiary alicyclic amines) is 2. The third-order valence-electron chi connectivity index (χ3n) is 4.80. The first kappa shape index (κ1) is 18.0. The molecule has 3 rings (SSSR count). The molecule has 0 N–H and O–H groups in total. The van der Waals surface area contributed by atoms with Gasteiger partial charge in [-0.15, -0.1) is 0 Å². The molecule has 7 heteroatoms. The number of benzene rings is 1. The Morgan fingerprint density at radius 3 is 2.84 bits per heavy atom. The smallest absolute Gasteiger partial charge is 0.260 e. The van der Waals surface area contributed by atoms with Crippen LogP contribution in [0.1, 0.15) is 32.1 Å². The zero-order valence-electron chi connectivity index (χ0n) is 14.0. The fraction of sp³-hybridized carbons (Fsp3) is 0.556. The Bertz CT molecular complexity index is 655. The number of halogens is 2. The molecule has 0 aromatic heterocycles. The molecule has 1 aromatic rings. The van der Waals surface area contributed by atoms with Crippen LogP contribution < -0.4 is 4.74 Å². The number of hydrogen-bond acceptors (Lipinski definition) is 3. The van der Waals surface area contributed by atoms with Crippen molar-refractivity contribution in [3.8, 4) is 5.75 Å². The molecule has 2 saturated heterocycles. The predicted octanol–water partition coefficient (Wildman–Crippen LogP) is 2.86. The summed E-state index contributed by atoms with van der Waals surface area (Å²) >= 11 is 5.92. The van der Waals surface area contributed by atoms with Crippen molar-refractivity contribution in [3.63, 3.8) is 0 Å². The molecule has 0 saturated carbocycles. The minimum absolute atomic E-state index is 0.0376. The van der Waals surface area contributed by atoms with Crippen molar-refractivity contribution >= 4 is 23.4 Å². The van der Waals surface area contributed by atoms with Crippen LogP contribution in [0, 0.1) is 5.82 Å². The van der Waals surface area contributed by atoms with Gasteiger partial charge < -0.3 is 14.5 Å². The van der Waals surface area contributed by atoms with E-state index in [4.69, 9.17) is 16.3 Å². The maximum Gasteiger partial charge on any atom is 0.260 e. The van der Waals surface area contributed by atoms with Crippen molar-refractivity contribution in [1.29, 1.82) is 0 Å². The highest BCUT2D eigenvalue weighted by Crippen LogP contribution is 2.25. The van der Waals surface area contributed by atoms with Gasteiger partial charge in [0.05, 0.1) is 5.02 Å². The Morgan fingerprint density at radius 2 is 2.12 bits per heavy atom. The molecular weight excluding hydrogens is 347 g/mol. The van der Waals surface area contributed by atoms with E-state index < -0.39 is 5.82 Å². The summed E-state index contributed by atoms with van der Waals surface area (Å²) in [6.07, 6.45) is 4.40. The van der Waals surface area contributed by atoms with Gasteiger partial charge in [0.15, 0.2) is 6.61 Å². The Morgan fingerprint density at radius 1 is 1.28 bits per heavy atom. The molecule has 2 amide bonds. The quantitative estimate of drug-likeness (QED) is 0.803. The van der Waals surface area contributed by atoms with Gasteiger partial charge in [0, 0.05) is 32.1 Å². The molecule has 1 aromatic carbocycles. The van der Waals surface area contributed by atoms with E-state index in [9.17, 15) is 14.0 Å². The largest absolute Gasteiger partial charge is 0.482 e. The highest BCUT2D eigenvalue weighted by molar-refractivity contribution is 6.32. The lowest BCUT2D eigenvalue weighted by atomic mass is 10.0. The van der Waals surface area contributed by atoms with Gasteiger partial charge in [-0.1, -0.05) is 11.6 Å². The Kier molecular flexibility index (Phi) is 5.78. The first-order valence-electron chi connectivity index (χ1n) is 8.69. The predicted molar refractivity (Wildman–Crippen MR) is 92.1 cm³/mol. The SMILES string of the molecule is O=C1CCCN1CC1CCCCN1C(=O)COc1ccc(F)cc1Cl. The maximum absolute atomic E-state index is 13.1. The third-order valence-corrected chi connectivity index (χ3v) is 5.09. The highest BCUT2D eigenvalue weighted by Gasteiger charge is 2.31. The molecule has 2 fully saturated rings. The molecule has 2 aliphatic heterocycles. The van der Waals surface area contributed by atoms with E-state index in [0.29, 0.717) is 25.3 Å². The van der Waals surface area contributed by atoms with Crippen molar-refractivity contribution in [2.45, 2.75) is 38.1 Å². The van der Waals surface area contributed by atoms with E-state index >= 15 is 0 Å². The van der Waals surface area contributed by atoms with E-state index in [1.165, 1.54) is 12.1 Å². The third kappa shape index (κ3) is 4.42. The number of hydrogen-bond donors (Lipinski definition) is 0. The van der Waals surface area contributed by atoms with Crippen LogP contribution in [-0.4, -0.2) is 53.9 Å². The molecule has 2 heterocycles. The number of ether oxygens (including phenoxy) is 1. The topological polar surface area (TPSA) is 49.9 Å². The Balaban J connectivity index is 1.59. The first-order chi connectivity index (χ1) is 12.0. The Hall–Kier alpha value is -1.82. The van der Waals surface area contributed by atoms with E-state index in [2.05, 4.69) is 0 Å². The van der Waals surface area contributed by atoms with Gasteiger partial charge >= 0.3 is 0 Å². The van der Waals surface area contributed by atoms with Gasteiger partial charge in [0.2, 0.25) is 5.91 Å². The van der Waals surface area contributed by atoms with Crippen LogP contribution in [0.15, 0.2) is 18.2 Å². The second-order valence-electron chi connectivity index (χ2n) is 6.54. The van der Waals surface area contributed by atoms with Gasteiger partial charge in [-0.05, 0) is 43.9 Å². The minimum Gasteiger partial charge on any atom is -0.482 e. The van der Waals surface area contributed by atoms with Gasteiger partial charge in [-0.2, -0.15) is 0 Å². The molecule has 0 bridgehead atoms. The summed E-state index contributed by atoms with van der Waals surface area (Å²) in [7, 11) is 0. The van der Waals surface area contributed by atoms with E-state index in [-0.39, 0.29) is 29.5 Å². The van der Waals surface area contributed by atoms with Crippen LogP contribution in [0.25, 0.3) is 0 Å². The summed E-state index contributed by atoms with van der Waals surface area (Å²) < 4.78 is 18.5. The average Bonchev–Trinajstić information content (AvgIpc) is 2.99. The Labute approximate surface area is 151 Å². The lowest BCUT2D eigenvalue weighted by Crippen LogP contribution is -2.51. The molecule has 0 aliphatic carbocycles. The fourth-order valence-corrected chi connectivity index (χ4v) is 3.71. The second-order valence-corrected chi connectivity index (χ2v) is 6.95. The standard InChI is InChI=1S/C18H22ClFN2O3/c19-15-10-13(20)6-7-16(15)25-12-18(24)22-9-2-1-4-14(22)11-21-8-3-5-17(21)23/h6-7,10,14H,1-5,8-9,11-12H2. The number of nitrogens with zero attached hydrogens (tertiary/aromatic N) is 2. The van der Waals surface area contributed by atoms with Crippen LogP contribution in [-0.2, 0) is 9.59 Å². The monoisotopic (exact) mass is 368 g/mol. The summed E-state index contributed by atoms with van der Waals surface area (Å²) in [5.41, 5.74) is 0. The molecule has 2 aliphatic rings. The molecule has 0 spiro atoms. The van der Waals surface area contributed by atoms with Gasteiger partial charge in [-0.3, -0.25) is 9.59 Å². The summed E-state index contributed by atoms with van der Waals surface area (Å²) in [6, 6.07) is 3.86. The zero-order chi connectivity index (χ0) is 17.8. The van der Waals surface area contributed by atoms with Crippen molar-refractivity contribution in [3.05, 3.63) is 29.0 Å². The van der Waals surface area contributed by atoms with Gasteiger partial charge in [-0.25, -0.2) is 4.39 Å². The van der Waals surface area contributed by atoms with Crippen LogP contribution in [0.2, 0.25) is 5.02 Å². The van der Waals surface area contributed by atoms with Crippen molar-refractivity contribution in [2.75, 3.05) is 26.2 Å².